The van der Waals surface area contributed by atoms with Crippen LogP contribution in [-0.4, -0.2) is 21.0 Å². The Hall–Kier alpha value is -3.24. The fraction of sp³-hybridized carbons (Fsp3) is 0.200. The first kappa shape index (κ1) is 18.5. The van der Waals surface area contributed by atoms with E-state index < -0.39 is 5.54 Å². The molecule has 0 aliphatic rings. The number of hydrogen-bond donors (Lipinski definition) is 2. The molecule has 0 spiro atoms. The first-order valence-corrected chi connectivity index (χ1v) is 9.17. The molecule has 3 rings (SSSR count). The molecule has 0 fully saturated rings. The van der Waals surface area contributed by atoms with Crippen LogP contribution in [0.3, 0.4) is 0 Å². The van der Waals surface area contributed by atoms with Crippen LogP contribution in [0, 0.1) is 11.3 Å². The van der Waals surface area contributed by atoms with Gasteiger partial charge in [0.05, 0.1) is 23.2 Å². The molecule has 2 N–H and O–H groups in total. The molecule has 0 saturated carbocycles. The normalized spacial score (nSPS) is 11.0. The third-order valence-corrected chi connectivity index (χ3v) is 4.94. The van der Waals surface area contributed by atoms with E-state index in [0.29, 0.717) is 16.4 Å². The van der Waals surface area contributed by atoms with Gasteiger partial charge in [-0.3, -0.25) is 4.79 Å². The second-order valence-corrected chi connectivity index (χ2v) is 7.42. The predicted octanol–water partition coefficient (Wildman–Crippen LogP) is 3.38. The lowest BCUT2D eigenvalue weighted by atomic mass is 9.94. The van der Waals surface area contributed by atoms with Crippen molar-refractivity contribution in [1.29, 1.82) is 5.26 Å². The Labute approximate surface area is 161 Å². The van der Waals surface area contributed by atoms with Gasteiger partial charge in [-0.05, 0) is 19.4 Å². The molecule has 1 aromatic carbocycles. The van der Waals surface area contributed by atoms with Crippen LogP contribution in [0.5, 0.6) is 5.75 Å². The molecular weight excluding hydrogens is 360 g/mol. The Morgan fingerprint density at radius 2 is 2.07 bits per heavy atom. The standard InChI is InChI=1S/C20H18N4O2S/c1-20(2,14-6-4-3-5-7-14)24-17(26)9-15-12-27-19(23-15)18-16(25)8-13(10-21)11-22-18/h3-8,11-12,25H,9H2,1-2H3,(H,24,26). The van der Waals surface area contributed by atoms with Gasteiger partial charge in [0.15, 0.2) is 0 Å². The summed E-state index contributed by atoms with van der Waals surface area (Å²) in [6.45, 7) is 3.90. The molecule has 7 heteroatoms. The smallest absolute Gasteiger partial charge is 0.226 e. The zero-order chi connectivity index (χ0) is 19.4. The van der Waals surface area contributed by atoms with Crippen LogP contribution in [0.25, 0.3) is 10.7 Å². The van der Waals surface area contributed by atoms with Crippen molar-refractivity contribution in [2.45, 2.75) is 25.8 Å². The minimum absolute atomic E-state index is 0.107. The van der Waals surface area contributed by atoms with E-state index >= 15 is 0 Å². The number of nitriles is 1. The first-order chi connectivity index (χ1) is 12.9. The molecule has 136 valence electrons. The van der Waals surface area contributed by atoms with Crippen LogP contribution < -0.4 is 5.32 Å². The van der Waals surface area contributed by atoms with Crippen LogP contribution in [0.4, 0.5) is 0 Å². The molecule has 0 bridgehead atoms. The van der Waals surface area contributed by atoms with Gasteiger partial charge >= 0.3 is 0 Å². The summed E-state index contributed by atoms with van der Waals surface area (Å²) in [7, 11) is 0. The summed E-state index contributed by atoms with van der Waals surface area (Å²) in [4.78, 5) is 20.9. The first-order valence-electron chi connectivity index (χ1n) is 8.29. The van der Waals surface area contributed by atoms with E-state index in [1.54, 1.807) is 5.38 Å². The van der Waals surface area contributed by atoms with E-state index in [0.717, 1.165) is 5.56 Å². The van der Waals surface area contributed by atoms with E-state index in [4.69, 9.17) is 5.26 Å². The average Bonchev–Trinajstić information content (AvgIpc) is 3.09. The van der Waals surface area contributed by atoms with Gasteiger partial charge in [-0.2, -0.15) is 5.26 Å². The van der Waals surface area contributed by atoms with E-state index in [9.17, 15) is 9.90 Å². The number of aromatic nitrogens is 2. The lowest BCUT2D eigenvalue weighted by Gasteiger charge is -2.26. The molecule has 0 unspecified atom stereocenters. The average molecular weight is 378 g/mol. The maximum Gasteiger partial charge on any atom is 0.226 e. The lowest BCUT2D eigenvalue weighted by molar-refractivity contribution is -0.122. The molecule has 2 aromatic heterocycles. The van der Waals surface area contributed by atoms with Crippen molar-refractivity contribution >= 4 is 17.2 Å². The van der Waals surface area contributed by atoms with Crippen LogP contribution in [-0.2, 0) is 16.8 Å². The highest BCUT2D eigenvalue weighted by molar-refractivity contribution is 7.13. The van der Waals surface area contributed by atoms with Gasteiger partial charge in [0, 0.05) is 17.6 Å². The van der Waals surface area contributed by atoms with Crippen molar-refractivity contribution in [3.8, 4) is 22.5 Å². The highest BCUT2D eigenvalue weighted by Gasteiger charge is 2.23. The van der Waals surface area contributed by atoms with Crippen molar-refractivity contribution < 1.29 is 9.90 Å². The number of hydrogen-bond acceptors (Lipinski definition) is 6. The molecule has 0 aliphatic heterocycles. The van der Waals surface area contributed by atoms with Gasteiger partial charge < -0.3 is 10.4 Å². The quantitative estimate of drug-likeness (QED) is 0.709. The Kier molecular flexibility index (Phi) is 5.19. The topological polar surface area (TPSA) is 98.9 Å². The van der Waals surface area contributed by atoms with Crippen molar-refractivity contribution in [2.24, 2.45) is 0 Å². The number of nitrogens with zero attached hydrogens (tertiary/aromatic N) is 3. The summed E-state index contributed by atoms with van der Waals surface area (Å²) in [6.07, 6.45) is 1.51. The van der Waals surface area contributed by atoms with E-state index in [-0.39, 0.29) is 23.6 Å². The van der Waals surface area contributed by atoms with Crippen LogP contribution >= 0.6 is 11.3 Å². The van der Waals surface area contributed by atoms with Crippen molar-refractivity contribution in [2.75, 3.05) is 0 Å². The zero-order valence-corrected chi connectivity index (χ0v) is 15.7. The third-order valence-electron chi connectivity index (χ3n) is 4.04. The maximum atomic E-state index is 12.5. The van der Waals surface area contributed by atoms with Gasteiger partial charge in [0.25, 0.3) is 0 Å². The van der Waals surface area contributed by atoms with E-state index in [1.807, 2.05) is 50.2 Å². The van der Waals surface area contributed by atoms with Crippen molar-refractivity contribution in [3.63, 3.8) is 0 Å². The molecule has 6 nitrogen and oxygen atoms in total. The molecule has 0 atom stereocenters. The van der Waals surface area contributed by atoms with Gasteiger partial charge in [-0.15, -0.1) is 11.3 Å². The number of carbonyl (C=O) groups is 1. The summed E-state index contributed by atoms with van der Waals surface area (Å²) in [5, 5.41) is 24.2. The molecule has 27 heavy (non-hydrogen) atoms. The van der Waals surface area contributed by atoms with Crippen LogP contribution in [0.15, 0.2) is 48.0 Å². The minimum Gasteiger partial charge on any atom is -0.506 e. The third kappa shape index (κ3) is 4.30. The number of rotatable bonds is 5. The second-order valence-electron chi connectivity index (χ2n) is 6.56. The molecule has 3 aromatic rings. The SMILES string of the molecule is CC(C)(NC(=O)Cc1csc(-c2ncc(C#N)cc2O)n1)c1ccccc1. The Morgan fingerprint density at radius 3 is 2.74 bits per heavy atom. The number of aromatic hydroxyl groups is 1. The summed E-state index contributed by atoms with van der Waals surface area (Å²) in [6, 6.07) is 13.0. The minimum atomic E-state index is -0.496. The highest BCUT2D eigenvalue weighted by atomic mass is 32.1. The maximum absolute atomic E-state index is 12.5. The molecular formula is C20H18N4O2S. The molecule has 0 saturated heterocycles. The van der Waals surface area contributed by atoms with Crippen molar-refractivity contribution in [1.82, 2.24) is 15.3 Å². The summed E-state index contributed by atoms with van der Waals surface area (Å²) >= 11 is 1.29. The Balaban J connectivity index is 1.71. The highest BCUT2D eigenvalue weighted by Crippen LogP contribution is 2.30. The Morgan fingerprint density at radius 1 is 1.33 bits per heavy atom. The van der Waals surface area contributed by atoms with Gasteiger partial charge in [0.2, 0.25) is 5.91 Å². The Bertz CT molecular complexity index is 1010. The largest absolute Gasteiger partial charge is 0.506 e. The monoisotopic (exact) mass is 378 g/mol. The number of nitrogens with one attached hydrogen (secondary N) is 1. The second kappa shape index (κ2) is 7.56. The van der Waals surface area contributed by atoms with Crippen LogP contribution in [0.1, 0.15) is 30.7 Å². The number of benzene rings is 1. The molecule has 1 amide bonds. The van der Waals surface area contributed by atoms with Gasteiger partial charge in [0.1, 0.15) is 22.5 Å². The van der Waals surface area contributed by atoms with Gasteiger partial charge in [-0.25, -0.2) is 9.97 Å². The number of amides is 1. The number of pyridine rings is 1. The fourth-order valence-electron chi connectivity index (χ4n) is 2.66. The van der Waals surface area contributed by atoms with Crippen LogP contribution in [0.2, 0.25) is 0 Å². The molecule has 0 aliphatic carbocycles. The van der Waals surface area contributed by atoms with E-state index in [2.05, 4.69) is 15.3 Å². The summed E-state index contributed by atoms with van der Waals surface area (Å²) in [5.41, 5.74) is 1.70. The predicted molar refractivity (Wildman–Crippen MR) is 103 cm³/mol. The number of carbonyl (C=O) groups excluding carboxylic acids is 1. The van der Waals surface area contributed by atoms with Gasteiger partial charge in [-0.1, -0.05) is 30.3 Å². The molecule has 2 heterocycles. The zero-order valence-electron chi connectivity index (χ0n) is 14.9. The number of thiazole rings is 1. The summed E-state index contributed by atoms with van der Waals surface area (Å²) < 4.78 is 0. The molecule has 0 radical (unpaired) electrons. The van der Waals surface area contributed by atoms with Crippen molar-refractivity contribution in [3.05, 3.63) is 64.8 Å². The summed E-state index contributed by atoms with van der Waals surface area (Å²) in [5.74, 6) is -0.248. The van der Waals surface area contributed by atoms with E-state index in [1.165, 1.54) is 23.6 Å². The fourth-order valence-corrected chi connectivity index (χ4v) is 3.48. The lowest BCUT2D eigenvalue weighted by Crippen LogP contribution is -2.41.